The van der Waals surface area contributed by atoms with Crippen molar-refractivity contribution in [2.24, 2.45) is 0 Å². The van der Waals surface area contributed by atoms with E-state index in [1.54, 1.807) is 0 Å². The Labute approximate surface area is 136 Å². The van der Waals surface area contributed by atoms with E-state index < -0.39 is 16.0 Å². The van der Waals surface area contributed by atoms with E-state index >= 15 is 0 Å². The highest BCUT2D eigenvalue weighted by molar-refractivity contribution is 7.92. The molecule has 2 aromatic rings. The summed E-state index contributed by atoms with van der Waals surface area (Å²) in [7, 11) is -2.54. The van der Waals surface area contributed by atoms with Crippen LogP contribution >= 0.6 is 0 Å². The molecule has 122 valence electrons. The van der Waals surface area contributed by atoms with Crippen molar-refractivity contribution in [2.75, 3.05) is 11.8 Å². The first kappa shape index (κ1) is 17.0. The van der Waals surface area contributed by atoms with Crippen molar-refractivity contribution in [1.29, 1.82) is 0 Å². The van der Waals surface area contributed by atoms with Crippen LogP contribution in [0.5, 0.6) is 0 Å². The smallest absolute Gasteiger partial charge is 0.337 e. The summed E-state index contributed by atoms with van der Waals surface area (Å²) in [5, 5.41) is 0. The fourth-order valence-electron chi connectivity index (χ4n) is 2.27. The van der Waals surface area contributed by atoms with E-state index in [2.05, 4.69) is 9.46 Å². The summed E-state index contributed by atoms with van der Waals surface area (Å²) in [6.45, 7) is 3.81. The topological polar surface area (TPSA) is 72.5 Å². The lowest BCUT2D eigenvalue weighted by Gasteiger charge is -2.14. The Morgan fingerprint density at radius 1 is 1.17 bits per heavy atom. The van der Waals surface area contributed by atoms with Crippen LogP contribution in [0.15, 0.2) is 47.4 Å². The number of sulfonamides is 1. The van der Waals surface area contributed by atoms with Gasteiger partial charge in [-0.2, -0.15) is 0 Å². The van der Waals surface area contributed by atoms with Crippen LogP contribution in [0.1, 0.15) is 28.4 Å². The van der Waals surface area contributed by atoms with Gasteiger partial charge in [-0.05, 0) is 42.7 Å². The molecule has 0 spiro atoms. The Morgan fingerprint density at radius 2 is 1.87 bits per heavy atom. The molecule has 6 heteroatoms. The molecule has 0 bridgehead atoms. The van der Waals surface area contributed by atoms with Crippen LogP contribution in [0.2, 0.25) is 0 Å². The number of esters is 1. The molecule has 1 N–H and O–H groups in total. The molecule has 0 unspecified atom stereocenters. The highest BCUT2D eigenvalue weighted by Crippen LogP contribution is 2.25. The first-order valence-corrected chi connectivity index (χ1v) is 8.67. The molecule has 5 nitrogen and oxygen atoms in total. The normalized spacial score (nSPS) is 11.1. The molecule has 23 heavy (non-hydrogen) atoms. The van der Waals surface area contributed by atoms with Crippen LogP contribution in [0.25, 0.3) is 0 Å². The number of ether oxygens (including phenoxy) is 1. The maximum absolute atomic E-state index is 12.6. The average Bonchev–Trinajstić information content (AvgIpc) is 2.56. The van der Waals surface area contributed by atoms with E-state index in [9.17, 15) is 13.2 Å². The Hall–Kier alpha value is -2.34. The predicted molar refractivity (Wildman–Crippen MR) is 89.1 cm³/mol. The molecule has 0 fully saturated rings. The van der Waals surface area contributed by atoms with Gasteiger partial charge in [-0.3, -0.25) is 4.72 Å². The van der Waals surface area contributed by atoms with Crippen molar-refractivity contribution < 1.29 is 17.9 Å². The molecule has 0 atom stereocenters. The highest BCUT2D eigenvalue weighted by atomic mass is 32.2. The van der Waals surface area contributed by atoms with Crippen LogP contribution in [0, 0.1) is 6.92 Å². The van der Waals surface area contributed by atoms with Crippen molar-refractivity contribution >= 4 is 21.7 Å². The van der Waals surface area contributed by atoms with Crippen LogP contribution in [-0.4, -0.2) is 21.5 Å². The summed E-state index contributed by atoms with van der Waals surface area (Å²) in [6, 6.07) is 11.4. The molecule has 0 aromatic heterocycles. The first-order chi connectivity index (χ1) is 10.9. The third kappa shape index (κ3) is 3.71. The minimum Gasteiger partial charge on any atom is -0.465 e. The fraction of sp³-hybridized carbons (Fsp3) is 0.235. The van der Waals surface area contributed by atoms with E-state index in [0.29, 0.717) is 12.1 Å². The highest BCUT2D eigenvalue weighted by Gasteiger charge is 2.18. The van der Waals surface area contributed by atoms with Gasteiger partial charge in [0.25, 0.3) is 10.0 Å². The van der Waals surface area contributed by atoms with Gasteiger partial charge in [0.15, 0.2) is 0 Å². The van der Waals surface area contributed by atoms with Crippen LogP contribution < -0.4 is 4.72 Å². The van der Waals surface area contributed by atoms with Gasteiger partial charge >= 0.3 is 5.97 Å². The predicted octanol–water partition coefficient (Wildman–Crippen LogP) is 3.14. The lowest BCUT2D eigenvalue weighted by atomic mass is 10.1. The maximum atomic E-state index is 12.6. The third-order valence-corrected chi connectivity index (χ3v) is 4.89. The standard InChI is InChI=1S/C17H19NO4S/c1-4-13-8-5-7-12(2)16(13)18-23(20,21)15-10-6-9-14(11-15)17(19)22-3/h5-11,18H,4H2,1-3H3. The number of aryl methyl sites for hydroxylation is 2. The molecule has 0 aliphatic rings. The van der Waals surface area contributed by atoms with E-state index in [0.717, 1.165) is 11.1 Å². The number of benzene rings is 2. The first-order valence-electron chi connectivity index (χ1n) is 7.18. The second-order valence-corrected chi connectivity index (χ2v) is 6.77. The monoisotopic (exact) mass is 333 g/mol. The molecular formula is C17H19NO4S. The second-order valence-electron chi connectivity index (χ2n) is 5.09. The van der Waals surface area contributed by atoms with E-state index in [1.165, 1.54) is 31.4 Å². The Bertz CT molecular complexity index is 828. The summed E-state index contributed by atoms with van der Waals surface area (Å²) in [5.74, 6) is -0.577. The zero-order chi connectivity index (χ0) is 17.0. The number of nitrogens with one attached hydrogen (secondary N) is 1. The minimum absolute atomic E-state index is 0.0192. The SMILES string of the molecule is CCc1cccc(C)c1NS(=O)(=O)c1cccc(C(=O)OC)c1. The zero-order valence-electron chi connectivity index (χ0n) is 13.3. The van der Waals surface area contributed by atoms with Crippen LogP contribution in [0.3, 0.4) is 0 Å². The Kier molecular flexibility index (Phi) is 5.05. The number of carbonyl (C=O) groups is 1. The lowest BCUT2D eigenvalue weighted by molar-refractivity contribution is 0.0600. The van der Waals surface area contributed by atoms with Crippen molar-refractivity contribution in [1.82, 2.24) is 0 Å². The number of hydrogen-bond donors (Lipinski definition) is 1. The number of methoxy groups -OCH3 is 1. The Morgan fingerprint density at radius 3 is 2.52 bits per heavy atom. The van der Waals surface area contributed by atoms with Gasteiger partial charge in [-0.15, -0.1) is 0 Å². The molecule has 2 aromatic carbocycles. The number of para-hydroxylation sites is 1. The molecule has 0 radical (unpaired) electrons. The molecule has 0 heterocycles. The number of rotatable bonds is 5. The van der Waals surface area contributed by atoms with Crippen LogP contribution in [0.4, 0.5) is 5.69 Å². The quantitative estimate of drug-likeness (QED) is 0.853. The summed E-state index contributed by atoms with van der Waals surface area (Å²) < 4.78 is 32.5. The summed E-state index contributed by atoms with van der Waals surface area (Å²) in [6.07, 6.45) is 0.710. The van der Waals surface area contributed by atoms with Gasteiger partial charge in [0.2, 0.25) is 0 Å². The largest absolute Gasteiger partial charge is 0.465 e. The molecule has 2 rings (SSSR count). The minimum atomic E-state index is -3.79. The molecule has 0 aliphatic carbocycles. The van der Waals surface area contributed by atoms with Gasteiger partial charge < -0.3 is 4.74 Å². The van der Waals surface area contributed by atoms with Gasteiger partial charge in [0.1, 0.15) is 0 Å². The van der Waals surface area contributed by atoms with E-state index in [-0.39, 0.29) is 10.5 Å². The van der Waals surface area contributed by atoms with E-state index in [4.69, 9.17) is 0 Å². The summed E-state index contributed by atoms with van der Waals surface area (Å²) >= 11 is 0. The van der Waals surface area contributed by atoms with Crippen molar-refractivity contribution in [3.05, 3.63) is 59.2 Å². The van der Waals surface area contributed by atoms with Gasteiger partial charge in [0, 0.05) is 0 Å². The van der Waals surface area contributed by atoms with Crippen molar-refractivity contribution in [3.8, 4) is 0 Å². The van der Waals surface area contributed by atoms with Gasteiger partial charge in [0.05, 0.1) is 23.3 Å². The average molecular weight is 333 g/mol. The third-order valence-electron chi connectivity index (χ3n) is 3.54. The van der Waals surface area contributed by atoms with Gasteiger partial charge in [-0.25, -0.2) is 13.2 Å². The van der Waals surface area contributed by atoms with Crippen molar-refractivity contribution in [3.63, 3.8) is 0 Å². The maximum Gasteiger partial charge on any atom is 0.337 e. The number of anilines is 1. The zero-order valence-corrected chi connectivity index (χ0v) is 14.1. The lowest BCUT2D eigenvalue weighted by Crippen LogP contribution is -2.16. The summed E-state index contributed by atoms with van der Waals surface area (Å²) in [4.78, 5) is 11.6. The Balaban J connectivity index is 2.43. The second kappa shape index (κ2) is 6.83. The molecule has 0 aliphatic heterocycles. The molecule has 0 amide bonds. The molecular weight excluding hydrogens is 314 g/mol. The summed E-state index contributed by atoms with van der Waals surface area (Å²) in [5.41, 5.74) is 2.53. The van der Waals surface area contributed by atoms with Gasteiger partial charge in [-0.1, -0.05) is 31.2 Å². The fourth-order valence-corrected chi connectivity index (χ4v) is 3.49. The molecule has 0 saturated carbocycles. The molecule has 0 saturated heterocycles. The number of hydrogen-bond acceptors (Lipinski definition) is 4. The van der Waals surface area contributed by atoms with Crippen molar-refractivity contribution in [2.45, 2.75) is 25.2 Å². The van der Waals surface area contributed by atoms with E-state index in [1.807, 2.05) is 32.0 Å². The number of carbonyl (C=O) groups excluding carboxylic acids is 1. The van der Waals surface area contributed by atoms with Crippen LogP contribution in [-0.2, 0) is 21.2 Å².